The molecule has 5 amide bonds. The van der Waals surface area contributed by atoms with E-state index in [0.717, 1.165) is 44.3 Å². The van der Waals surface area contributed by atoms with Gasteiger partial charge in [0.2, 0.25) is 23.6 Å². The van der Waals surface area contributed by atoms with Crippen molar-refractivity contribution in [2.75, 3.05) is 22.9 Å². The zero-order valence-electron chi connectivity index (χ0n) is 38.0. The fraction of sp³-hybridized carbons (Fsp3) is 0.417. The van der Waals surface area contributed by atoms with Crippen molar-refractivity contribution in [3.05, 3.63) is 100 Å². The summed E-state index contributed by atoms with van der Waals surface area (Å²) in [4.78, 5) is 76.2. The number of thiocarbonyl (C=S) groups is 1. The number of aromatic nitrogens is 1. The van der Waals surface area contributed by atoms with Crippen molar-refractivity contribution in [3.63, 3.8) is 0 Å². The van der Waals surface area contributed by atoms with Gasteiger partial charge in [-0.15, -0.1) is 11.3 Å². The second kappa shape index (κ2) is 20.3. The molecule has 2 aliphatic heterocycles. The van der Waals surface area contributed by atoms with Crippen LogP contribution in [-0.4, -0.2) is 86.5 Å². The Bertz CT molecular complexity index is 2570. The summed E-state index contributed by atoms with van der Waals surface area (Å²) in [5.74, 6) is -2.20. The van der Waals surface area contributed by atoms with Crippen LogP contribution in [0.3, 0.4) is 0 Å². The Balaban J connectivity index is 0.961. The number of alkyl halides is 3. The van der Waals surface area contributed by atoms with Crippen LogP contribution in [0, 0.1) is 23.7 Å². The van der Waals surface area contributed by atoms with Crippen LogP contribution in [0.2, 0.25) is 0 Å². The van der Waals surface area contributed by atoms with E-state index in [1.54, 1.807) is 68.5 Å². The van der Waals surface area contributed by atoms with Crippen LogP contribution in [0.25, 0.3) is 10.4 Å². The predicted octanol–water partition coefficient (Wildman–Crippen LogP) is 6.56. The van der Waals surface area contributed by atoms with Crippen LogP contribution in [0.15, 0.2) is 72.2 Å². The molecule has 67 heavy (non-hydrogen) atoms. The van der Waals surface area contributed by atoms with Gasteiger partial charge in [-0.2, -0.15) is 18.4 Å². The number of aliphatic hydroxyl groups is 1. The SMILES string of the molecule is Cc1ncsc1-c1ccc(CNC(=O)[C@@H]2C[C@@H](O)CN2C(=O)C(NC(=O)CCNC(=O)CCCc2ccc(N3C(=S)N(c4ccc(C#N)c(C(F)(F)F)c4)C(=O)C3(C)C)cc2)C(C)(C)C)cc1. The van der Waals surface area contributed by atoms with Gasteiger partial charge in [0.1, 0.15) is 17.6 Å². The summed E-state index contributed by atoms with van der Waals surface area (Å²) in [7, 11) is 0. The van der Waals surface area contributed by atoms with E-state index in [1.165, 1.54) is 17.0 Å². The molecule has 1 aromatic heterocycles. The quantitative estimate of drug-likeness (QED) is 0.0951. The summed E-state index contributed by atoms with van der Waals surface area (Å²) in [5.41, 5.74) is 2.16. The average molecular weight is 959 g/mol. The molecule has 0 bridgehead atoms. The number of likely N-dealkylation sites (tertiary alicyclic amines) is 1. The van der Waals surface area contributed by atoms with Gasteiger partial charge in [-0.25, -0.2) is 4.98 Å². The number of hydrogen-bond donors (Lipinski definition) is 4. The molecule has 3 atom stereocenters. The molecule has 19 heteroatoms. The third-order valence-electron chi connectivity index (χ3n) is 11.8. The molecule has 2 fully saturated rings. The minimum Gasteiger partial charge on any atom is -0.391 e. The Morgan fingerprint density at radius 2 is 1.63 bits per heavy atom. The van der Waals surface area contributed by atoms with Gasteiger partial charge in [-0.05, 0) is 98.3 Å². The molecule has 2 saturated heterocycles. The molecule has 0 saturated carbocycles. The van der Waals surface area contributed by atoms with Gasteiger partial charge in [0.25, 0.3) is 5.91 Å². The number of amides is 5. The lowest BCUT2D eigenvalue weighted by Crippen LogP contribution is -2.57. The van der Waals surface area contributed by atoms with E-state index in [1.807, 2.05) is 43.3 Å². The Kier molecular flexibility index (Phi) is 15.2. The molecule has 3 aromatic carbocycles. The van der Waals surface area contributed by atoms with Crippen molar-refractivity contribution < 1.29 is 42.3 Å². The molecule has 0 spiro atoms. The maximum Gasteiger partial charge on any atom is 0.417 e. The first-order valence-electron chi connectivity index (χ1n) is 21.7. The van der Waals surface area contributed by atoms with E-state index in [9.17, 15) is 47.5 Å². The number of rotatable bonds is 15. The number of carbonyl (C=O) groups is 5. The fourth-order valence-corrected chi connectivity index (χ4v) is 9.48. The molecule has 4 aromatic rings. The Morgan fingerprint density at radius 3 is 2.24 bits per heavy atom. The van der Waals surface area contributed by atoms with Crippen LogP contribution in [0.4, 0.5) is 24.5 Å². The van der Waals surface area contributed by atoms with E-state index < -0.39 is 70.1 Å². The zero-order valence-corrected chi connectivity index (χ0v) is 39.6. The summed E-state index contributed by atoms with van der Waals surface area (Å²) in [6.45, 7) is 10.7. The molecule has 0 radical (unpaired) electrons. The average Bonchev–Trinajstić information content (AvgIpc) is 3.93. The first-order chi connectivity index (χ1) is 31.5. The van der Waals surface area contributed by atoms with E-state index >= 15 is 0 Å². The van der Waals surface area contributed by atoms with Gasteiger partial charge in [-0.3, -0.25) is 28.9 Å². The van der Waals surface area contributed by atoms with E-state index in [-0.39, 0.29) is 55.6 Å². The molecule has 354 valence electrons. The van der Waals surface area contributed by atoms with Crippen LogP contribution in [0.5, 0.6) is 0 Å². The summed E-state index contributed by atoms with van der Waals surface area (Å²) >= 11 is 7.18. The van der Waals surface area contributed by atoms with Crippen LogP contribution >= 0.6 is 23.6 Å². The number of nitriles is 1. The number of hydrogen-bond acceptors (Lipinski definition) is 10. The van der Waals surface area contributed by atoms with Gasteiger partial charge >= 0.3 is 6.18 Å². The topological polar surface area (TPSA) is 188 Å². The van der Waals surface area contributed by atoms with E-state index in [2.05, 4.69) is 20.9 Å². The minimum atomic E-state index is -4.82. The molecule has 1 unspecified atom stereocenters. The first kappa shape index (κ1) is 50.2. The number of halogens is 3. The number of β-amino-alcohol motifs (C(OH)–C–C–N with tert-alkyl or cyclic N) is 1. The summed E-state index contributed by atoms with van der Waals surface area (Å²) in [6.07, 6.45) is -4.66. The highest BCUT2D eigenvalue weighted by Gasteiger charge is 2.51. The maximum absolute atomic E-state index is 14.0. The van der Waals surface area contributed by atoms with Crippen LogP contribution < -0.4 is 25.8 Å². The second-order valence-corrected chi connectivity index (χ2v) is 19.4. The van der Waals surface area contributed by atoms with E-state index in [4.69, 9.17) is 12.2 Å². The highest BCUT2D eigenvalue weighted by atomic mass is 32.1. The van der Waals surface area contributed by atoms with Crippen molar-refractivity contribution in [2.24, 2.45) is 5.41 Å². The normalized spacial score (nSPS) is 17.6. The van der Waals surface area contributed by atoms with Gasteiger partial charge in [-0.1, -0.05) is 57.2 Å². The Labute approximate surface area is 396 Å². The van der Waals surface area contributed by atoms with Gasteiger partial charge in [0.15, 0.2) is 5.11 Å². The monoisotopic (exact) mass is 958 g/mol. The van der Waals surface area contributed by atoms with Crippen molar-refractivity contribution in [1.82, 2.24) is 25.8 Å². The van der Waals surface area contributed by atoms with Gasteiger partial charge in [0, 0.05) is 44.6 Å². The molecule has 4 N–H and O–H groups in total. The molecule has 0 aliphatic carbocycles. The van der Waals surface area contributed by atoms with Crippen molar-refractivity contribution >= 4 is 69.6 Å². The number of benzene rings is 3. The smallest absolute Gasteiger partial charge is 0.391 e. The third kappa shape index (κ3) is 11.5. The Morgan fingerprint density at radius 1 is 0.970 bits per heavy atom. The van der Waals surface area contributed by atoms with E-state index in [0.29, 0.717) is 18.5 Å². The zero-order chi connectivity index (χ0) is 49.0. The number of thiazole rings is 1. The van der Waals surface area contributed by atoms with Crippen molar-refractivity contribution in [1.29, 1.82) is 5.26 Å². The first-order valence-corrected chi connectivity index (χ1v) is 23.0. The lowest BCUT2D eigenvalue weighted by Gasteiger charge is -2.35. The fourth-order valence-electron chi connectivity index (χ4n) is 8.14. The van der Waals surface area contributed by atoms with Crippen LogP contribution in [-0.2, 0) is 43.1 Å². The lowest BCUT2D eigenvalue weighted by molar-refractivity contribution is -0.144. The summed E-state index contributed by atoms with van der Waals surface area (Å²) < 4.78 is 41.2. The van der Waals surface area contributed by atoms with Gasteiger partial charge in [0.05, 0.1) is 45.1 Å². The molecular weight excluding hydrogens is 906 g/mol. The largest absolute Gasteiger partial charge is 0.417 e. The standard InChI is InChI=1S/C48H53F3N8O6S2/c1-28-40(67-27-55-28)31-14-10-30(11-15-31)25-54-42(63)37-23-35(60)26-57(37)43(64)41(46(2,3)4)56-39(62)20-21-53-38(61)9-7-8-29-12-17-33(18-13-29)59-45(66)58(44(65)47(59,5)6)34-19-16-32(24-52)36(22-34)48(49,50)51/h10-19,22,27,35,37,41,60H,7-9,20-21,23,25-26H2,1-6H3,(H,53,61)(H,54,63)(H,56,62)/t35-,37+,41?/m1/s1. The summed E-state index contributed by atoms with van der Waals surface area (Å²) in [6, 6.07) is 17.4. The number of carbonyl (C=O) groups excluding carboxylic acids is 5. The number of nitrogens with one attached hydrogen (secondary N) is 3. The predicted molar refractivity (Wildman–Crippen MR) is 251 cm³/mol. The molecule has 6 rings (SSSR count). The highest BCUT2D eigenvalue weighted by Crippen LogP contribution is 2.40. The van der Waals surface area contributed by atoms with Crippen LogP contribution in [0.1, 0.15) is 88.2 Å². The maximum atomic E-state index is 14.0. The second-order valence-electron chi connectivity index (χ2n) is 18.2. The lowest BCUT2D eigenvalue weighted by atomic mass is 9.85. The number of anilines is 2. The molecule has 14 nitrogen and oxygen atoms in total. The number of aryl methyl sites for hydroxylation is 2. The highest BCUT2D eigenvalue weighted by molar-refractivity contribution is 7.81. The molecule has 2 aliphatic rings. The van der Waals surface area contributed by atoms with Gasteiger partial charge < -0.3 is 30.9 Å². The molecular formula is C48H53F3N8O6S2. The van der Waals surface area contributed by atoms with Crippen molar-refractivity contribution in [2.45, 2.75) is 110 Å². The minimum absolute atomic E-state index is 0.0178. The summed E-state index contributed by atoms with van der Waals surface area (Å²) in [5, 5.41) is 28.2. The van der Waals surface area contributed by atoms with Crippen molar-refractivity contribution in [3.8, 4) is 16.5 Å². The third-order valence-corrected chi connectivity index (χ3v) is 13.1. The molecule has 3 heterocycles. The number of aliphatic hydroxyl groups excluding tert-OH is 1. The Hall–Kier alpha value is -6.23. The number of nitrogens with zero attached hydrogens (tertiary/aromatic N) is 5.